The fraction of sp³-hybridized carbons (Fsp3) is 0.364. The highest BCUT2D eigenvalue weighted by Crippen LogP contribution is 2.39. The zero-order valence-corrected chi connectivity index (χ0v) is 8.46. The molecule has 1 radical (unpaired) electrons. The molecule has 3 heteroatoms. The molecular weight excluding hydrogens is 196 g/mol. The fourth-order valence-electron chi connectivity index (χ4n) is 2.03. The lowest BCUT2D eigenvalue weighted by molar-refractivity contribution is 0.422. The van der Waals surface area contributed by atoms with Crippen molar-refractivity contribution in [3.05, 3.63) is 30.1 Å². The van der Waals surface area contributed by atoms with Crippen LogP contribution in [0.4, 0.5) is 0 Å². The number of halogens is 1. The SMILES string of the molecule is Cln1[c]nc2c(C3CCC3)cccc21. The number of imidazole rings is 1. The first-order valence-corrected chi connectivity index (χ1v) is 5.25. The predicted octanol–water partition coefficient (Wildman–Crippen LogP) is 3.11. The van der Waals surface area contributed by atoms with Crippen LogP contribution >= 0.6 is 11.8 Å². The smallest absolute Gasteiger partial charge is 0.193 e. The van der Waals surface area contributed by atoms with Gasteiger partial charge in [0.25, 0.3) is 0 Å². The van der Waals surface area contributed by atoms with Gasteiger partial charge in [0.1, 0.15) is 0 Å². The zero-order valence-electron chi connectivity index (χ0n) is 7.70. The summed E-state index contributed by atoms with van der Waals surface area (Å²) in [7, 11) is 0. The number of rotatable bonds is 1. The molecule has 2 aromatic rings. The highest BCUT2D eigenvalue weighted by molar-refractivity contribution is 6.18. The van der Waals surface area contributed by atoms with E-state index >= 15 is 0 Å². The summed E-state index contributed by atoms with van der Waals surface area (Å²) >= 11 is 5.91. The summed E-state index contributed by atoms with van der Waals surface area (Å²) in [4.78, 5) is 4.23. The van der Waals surface area contributed by atoms with Gasteiger partial charge in [-0.25, -0.2) is 9.07 Å². The second-order valence-corrected chi connectivity index (χ2v) is 4.17. The molecule has 1 aliphatic rings. The van der Waals surface area contributed by atoms with Crippen LogP contribution in [-0.2, 0) is 0 Å². The van der Waals surface area contributed by atoms with Crippen LogP contribution in [0.15, 0.2) is 18.2 Å². The van der Waals surface area contributed by atoms with E-state index in [4.69, 9.17) is 11.8 Å². The van der Waals surface area contributed by atoms with E-state index in [2.05, 4.69) is 17.4 Å². The van der Waals surface area contributed by atoms with Gasteiger partial charge >= 0.3 is 0 Å². The Labute approximate surface area is 87.6 Å². The third-order valence-corrected chi connectivity index (χ3v) is 3.31. The van der Waals surface area contributed by atoms with Crippen molar-refractivity contribution < 1.29 is 0 Å². The minimum absolute atomic E-state index is 0.693. The van der Waals surface area contributed by atoms with Gasteiger partial charge in [0.05, 0.1) is 11.0 Å². The van der Waals surface area contributed by atoms with Crippen LogP contribution in [0.5, 0.6) is 0 Å². The molecule has 1 heterocycles. The average molecular weight is 206 g/mol. The predicted molar refractivity (Wildman–Crippen MR) is 56.4 cm³/mol. The number of hydrogen-bond acceptors (Lipinski definition) is 1. The maximum Gasteiger partial charge on any atom is 0.193 e. The molecular formula is C11H10ClN2. The summed E-state index contributed by atoms with van der Waals surface area (Å²) in [6.07, 6.45) is 6.66. The topological polar surface area (TPSA) is 17.8 Å². The van der Waals surface area contributed by atoms with Gasteiger partial charge in [-0.2, -0.15) is 0 Å². The number of aromatic nitrogens is 2. The third kappa shape index (κ3) is 1.07. The molecule has 0 unspecified atom stereocenters. The van der Waals surface area contributed by atoms with Gasteiger partial charge in [-0.3, -0.25) is 0 Å². The van der Waals surface area contributed by atoms with Crippen molar-refractivity contribution in [1.29, 1.82) is 0 Å². The highest BCUT2D eigenvalue weighted by atomic mass is 35.5. The van der Waals surface area contributed by atoms with Crippen molar-refractivity contribution in [2.75, 3.05) is 0 Å². The molecule has 0 bridgehead atoms. The Morgan fingerprint density at radius 3 is 3.00 bits per heavy atom. The first kappa shape index (κ1) is 8.30. The van der Waals surface area contributed by atoms with Gasteiger partial charge in [0.15, 0.2) is 6.33 Å². The number of benzene rings is 1. The largest absolute Gasteiger partial charge is 0.231 e. The average Bonchev–Trinajstić information content (AvgIpc) is 2.47. The van der Waals surface area contributed by atoms with Crippen LogP contribution in [0.2, 0.25) is 0 Å². The molecule has 1 aromatic carbocycles. The fourth-order valence-corrected chi connectivity index (χ4v) is 2.20. The highest BCUT2D eigenvalue weighted by Gasteiger charge is 2.22. The Kier molecular flexibility index (Phi) is 1.77. The quantitative estimate of drug-likeness (QED) is 0.700. The Bertz CT molecular complexity index is 471. The van der Waals surface area contributed by atoms with Crippen LogP contribution < -0.4 is 0 Å². The summed E-state index contributed by atoms with van der Waals surface area (Å²) in [5.74, 6) is 0.693. The molecule has 14 heavy (non-hydrogen) atoms. The van der Waals surface area contributed by atoms with Crippen molar-refractivity contribution in [1.82, 2.24) is 9.07 Å². The molecule has 0 amide bonds. The van der Waals surface area contributed by atoms with E-state index in [1.54, 1.807) is 0 Å². The van der Waals surface area contributed by atoms with Crippen LogP contribution in [0.3, 0.4) is 0 Å². The van der Waals surface area contributed by atoms with Gasteiger partial charge in [0.2, 0.25) is 0 Å². The summed E-state index contributed by atoms with van der Waals surface area (Å²) in [5, 5.41) is 0. The van der Waals surface area contributed by atoms with E-state index in [0.717, 1.165) is 11.0 Å². The van der Waals surface area contributed by atoms with Crippen molar-refractivity contribution in [3.8, 4) is 0 Å². The molecule has 0 N–H and O–H groups in total. The Balaban J connectivity index is 2.22. The van der Waals surface area contributed by atoms with Gasteiger partial charge in [-0.05, 0) is 30.4 Å². The number of hydrogen-bond donors (Lipinski definition) is 0. The Morgan fingerprint density at radius 2 is 2.29 bits per heavy atom. The molecule has 0 atom stereocenters. The van der Waals surface area contributed by atoms with Crippen LogP contribution in [0.25, 0.3) is 11.0 Å². The molecule has 0 saturated heterocycles. The zero-order chi connectivity index (χ0) is 9.54. The second kappa shape index (κ2) is 2.99. The number of nitrogens with zero attached hydrogens (tertiary/aromatic N) is 2. The van der Waals surface area contributed by atoms with Crippen LogP contribution in [0, 0.1) is 6.33 Å². The van der Waals surface area contributed by atoms with E-state index in [9.17, 15) is 0 Å². The summed E-state index contributed by atoms with van der Waals surface area (Å²) in [6.45, 7) is 0. The van der Waals surface area contributed by atoms with Gasteiger partial charge in [-0.1, -0.05) is 18.6 Å². The molecule has 3 rings (SSSR count). The monoisotopic (exact) mass is 205 g/mol. The van der Waals surface area contributed by atoms with Gasteiger partial charge < -0.3 is 0 Å². The summed E-state index contributed by atoms with van der Waals surface area (Å²) in [5.41, 5.74) is 3.33. The first-order chi connectivity index (χ1) is 6.86. The normalized spacial score (nSPS) is 17.2. The Morgan fingerprint density at radius 1 is 1.43 bits per heavy atom. The van der Waals surface area contributed by atoms with Gasteiger partial charge in [0, 0.05) is 11.8 Å². The van der Waals surface area contributed by atoms with Crippen molar-refractivity contribution in [2.45, 2.75) is 25.2 Å². The Hall–Kier alpha value is -1.02. The van der Waals surface area contributed by atoms with Crippen LogP contribution in [0.1, 0.15) is 30.7 Å². The molecule has 71 valence electrons. The maximum absolute atomic E-state index is 5.91. The van der Waals surface area contributed by atoms with E-state index < -0.39 is 0 Å². The standard InChI is InChI=1S/C11H10ClN2/c12-14-7-13-11-9(8-3-1-4-8)5-2-6-10(11)14/h2,5-6,8H,1,3-4H2. The second-order valence-electron chi connectivity index (χ2n) is 3.84. The molecule has 1 aliphatic carbocycles. The van der Waals surface area contributed by atoms with E-state index in [1.165, 1.54) is 28.9 Å². The minimum Gasteiger partial charge on any atom is -0.231 e. The lowest BCUT2D eigenvalue weighted by atomic mass is 9.79. The summed E-state index contributed by atoms with van der Waals surface area (Å²) < 4.78 is 1.44. The molecule has 2 nitrogen and oxygen atoms in total. The van der Waals surface area contributed by atoms with E-state index in [-0.39, 0.29) is 0 Å². The van der Waals surface area contributed by atoms with Gasteiger partial charge in [-0.15, -0.1) is 0 Å². The van der Waals surface area contributed by atoms with Crippen molar-refractivity contribution in [3.63, 3.8) is 0 Å². The first-order valence-electron chi connectivity index (χ1n) is 4.91. The minimum atomic E-state index is 0.693. The molecule has 1 saturated carbocycles. The van der Waals surface area contributed by atoms with E-state index in [1.807, 2.05) is 12.1 Å². The van der Waals surface area contributed by atoms with Crippen LogP contribution in [-0.4, -0.2) is 9.07 Å². The molecule has 0 aliphatic heterocycles. The maximum atomic E-state index is 5.91. The lowest BCUT2D eigenvalue weighted by Crippen LogP contribution is -2.09. The lowest BCUT2D eigenvalue weighted by Gasteiger charge is -2.25. The van der Waals surface area contributed by atoms with E-state index in [0.29, 0.717) is 5.92 Å². The summed E-state index contributed by atoms with van der Waals surface area (Å²) in [6, 6.07) is 6.18. The number of para-hydroxylation sites is 1. The molecule has 1 aromatic heterocycles. The third-order valence-electron chi connectivity index (χ3n) is 3.05. The van der Waals surface area contributed by atoms with Crippen molar-refractivity contribution in [2.24, 2.45) is 0 Å². The van der Waals surface area contributed by atoms with Crippen molar-refractivity contribution >= 4 is 22.8 Å². The molecule has 0 spiro atoms. The number of fused-ring (bicyclic) bond motifs is 1. The molecule has 1 fully saturated rings.